The van der Waals surface area contributed by atoms with Gasteiger partial charge >= 0.3 is 0 Å². The number of hydroxylamine groups is 2. The molecule has 2 aliphatic heterocycles. The molecule has 0 saturated carbocycles. The van der Waals surface area contributed by atoms with Crippen LogP contribution in [-0.4, -0.2) is 29.9 Å². The molecule has 4 heteroatoms. The minimum atomic E-state index is -0.251. The molecule has 3 atom stereocenters. The van der Waals surface area contributed by atoms with Gasteiger partial charge in [0.25, 0.3) is 5.91 Å². The summed E-state index contributed by atoms with van der Waals surface area (Å²) in [5.74, 6) is 0.0838. The molecule has 1 unspecified atom stereocenters. The highest BCUT2D eigenvalue weighted by Gasteiger charge is 2.46. The Balaban J connectivity index is 1.48. The first kappa shape index (κ1) is 16.2. The number of allylic oxidation sites excluding steroid dienone is 1. The van der Waals surface area contributed by atoms with Gasteiger partial charge in [-0.2, -0.15) is 0 Å². The standard InChI is InChI=1S/C19H25NO3/c1-14-9-11-16(12-10-14)6-5-7-17-15(2)20(19(17)21)23-18-8-3-4-13-22-18/h5-6,9-12,15,17-18H,3-4,7-8,13H2,1-2H3/b6-5+/t15-,17+,18?/m0/s1. The highest BCUT2D eigenvalue weighted by Crippen LogP contribution is 2.32. The van der Waals surface area contributed by atoms with Crippen LogP contribution in [0.5, 0.6) is 0 Å². The molecule has 4 nitrogen and oxygen atoms in total. The van der Waals surface area contributed by atoms with Gasteiger partial charge in [0.05, 0.1) is 12.0 Å². The van der Waals surface area contributed by atoms with Gasteiger partial charge in [0.2, 0.25) is 0 Å². The fourth-order valence-corrected chi connectivity index (χ4v) is 3.05. The van der Waals surface area contributed by atoms with Gasteiger partial charge in [0.15, 0.2) is 6.29 Å². The van der Waals surface area contributed by atoms with Crippen LogP contribution in [0.25, 0.3) is 6.08 Å². The van der Waals surface area contributed by atoms with Crippen LogP contribution in [0.1, 0.15) is 43.7 Å². The third kappa shape index (κ3) is 3.82. The minimum absolute atomic E-state index is 0.0142. The van der Waals surface area contributed by atoms with Crippen molar-refractivity contribution in [2.45, 2.75) is 51.9 Å². The Bertz CT molecular complexity index is 560. The van der Waals surface area contributed by atoms with E-state index >= 15 is 0 Å². The van der Waals surface area contributed by atoms with Crippen LogP contribution in [0.4, 0.5) is 0 Å². The highest BCUT2D eigenvalue weighted by molar-refractivity contribution is 5.85. The molecule has 1 aromatic carbocycles. The summed E-state index contributed by atoms with van der Waals surface area (Å²) in [6.07, 6.45) is 7.71. The average molecular weight is 315 g/mol. The largest absolute Gasteiger partial charge is 0.350 e. The summed E-state index contributed by atoms with van der Waals surface area (Å²) in [5, 5.41) is 1.50. The zero-order valence-corrected chi connectivity index (χ0v) is 13.9. The maximum absolute atomic E-state index is 12.2. The van der Waals surface area contributed by atoms with E-state index in [1.54, 1.807) is 0 Å². The summed E-state index contributed by atoms with van der Waals surface area (Å²) in [6, 6.07) is 8.48. The number of rotatable bonds is 5. The Morgan fingerprint density at radius 3 is 2.74 bits per heavy atom. The number of hydrogen-bond acceptors (Lipinski definition) is 3. The van der Waals surface area contributed by atoms with Gasteiger partial charge in [-0.25, -0.2) is 9.90 Å². The lowest BCUT2D eigenvalue weighted by molar-refractivity contribution is -0.316. The normalized spacial score (nSPS) is 28.2. The fraction of sp³-hybridized carbons (Fsp3) is 0.526. The monoisotopic (exact) mass is 315 g/mol. The molecule has 2 saturated heterocycles. The number of nitrogens with zero attached hydrogens (tertiary/aromatic N) is 1. The van der Waals surface area contributed by atoms with E-state index < -0.39 is 0 Å². The molecular weight excluding hydrogens is 290 g/mol. The highest BCUT2D eigenvalue weighted by atomic mass is 16.8. The van der Waals surface area contributed by atoms with E-state index in [0.717, 1.165) is 32.3 Å². The number of carbonyl (C=O) groups is 1. The smallest absolute Gasteiger partial charge is 0.252 e. The summed E-state index contributed by atoms with van der Waals surface area (Å²) < 4.78 is 5.53. The van der Waals surface area contributed by atoms with Crippen molar-refractivity contribution in [3.63, 3.8) is 0 Å². The molecule has 3 rings (SSSR count). The molecule has 0 bridgehead atoms. The van der Waals surface area contributed by atoms with Crippen LogP contribution in [0, 0.1) is 12.8 Å². The third-order valence-corrected chi connectivity index (χ3v) is 4.63. The Morgan fingerprint density at radius 1 is 1.30 bits per heavy atom. The number of amides is 1. The Morgan fingerprint density at radius 2 is 2.09 bits per heavy atom. The summed E-state index contributed by atoms with van der Waals surface area (Å²) in [6.45, 7) is 4.84. The number of carbonyl (C=O) groups excluding carboxylic acids is 1. The van der Waals surface area contributed by atoms with Crippen molar-refractivity contribution in [1.29, 1.82) is 0 Å². The first-order valence-electron chi connectivity index (χ1n) is 8.50. The lowest BCUT2D eigenvalue weighted by atomic mass is 9.88. The maximum atomic E-state index is 12.2. The molecule has 1 amide bonds. The molecule has 23 heavy (non-hydrogen) atoms. The van der Waals surface area contributed by atoms with Crippen molar-refractivity contribution >= 4 is 12.0 Å². The molecule has 0 aromatic heterocycles. The van der Waals surface area contributed by atoms with E-state index in [1.165, 1.54) is 16.2 Å². The molecule has 2 heterocycles. The fourth-order valence-electron chi connectivity index (χ4n) is 3.05. The molecular formula is C19H25NO3. The average Bonchev–Trinajstić information content (AvgIpc) is 2.59. The molecule has 2 aliphatic rings. The predicted octanol–water partition coefficient (Wildman–Crippen LogP) is 3.70. The lowest BCUT2D eigenvalue weighted by Gasteiger charge is -2.45. The van der Waals surface area contributed by atoms with Crippen LogP contribution in [0.15, 0.2) is 30.3 Å². The summed E-state index contributed by atoms with van der Waals surface area (Å²) >= 11 is 0. The van der Waals surface area contributed by atoms with Crippen molar-refractivity contribution in [2.75, 3.05) is 6.61 Å². The topological polar surface area (TPSA) is 38.8 Å². The zero-order chi connectivity index (χ0) is 16.2. The SMILES string of the molecule is Cc1ccc(/C=C/C[C@H]2C(=O)N(OC3CCCCO3)[C@H]2C)cc1. The van der Waals surface area contributed by atoms with E-state index in [-0.39, 0.29) is 24.2 Å². The van der Waals surface area contributed by atoms with E-state index in [1.807, 2.05) is 6.92 Å². The molecule has 1 aromatic rings. The van der Waals surface area contributed by atoms with Crippen LogP contribution in [0.2, 0.25) is 0 Å². The Hall–Kier alpha value is -1.65. The van der Waals surface area contributed by atoms with Crippen molar-refractivity contribution < 1.29 is 14.4 Å². The summed E-state index contributed by atoms with van der Waals surface area (Å²) in [7, 11) is 0. The Kier molecular flexibility index (Phi) is 5.13. The predicted molar refractivity (Wildman–Crippen MR) is 89.3 cm³/mol. The van der Waals surface area contributed by atoms with Gasteiger partial charge in [-0.15, -0.1) is 0 Å². The summed E-state index contributed by atoms with van der Waals surface area (Å²) in [4.78, 5) is 17.9. The second kappa shape index (κ2) is 7.28. The second-order valence-electron chi connectivity index (χ2n) is 6.46. The van der Waals surface area contributed by atoms with Crippen LogP contribution in [-0.2, 0) is 14.4 Å². The molecule has 0 radical (unpaired) electrons. The van der Waals surface area contributed by atoms with Gasteiger partial charge in [-0.1, -0.05) is 42.0 Å². The number of ether oxygens (including phenoxy) is 1. The van der Waals surface area contributed by atoms with Gasteiger partial charge < -0.3 is 4.74 Å². The first-order chi connectivity index (χ1) is 11.1. The summed E-state index contributed by atoms with van der Waals surface area (Å²) in [5.41, 5.74) is 2.42. The molecule has 2 fully saturated rings. The Labute approximate surface area is 138 Å². The van der Waals surface area contributed by atoms with Gasteiger partial charge in [-0.05, 0) is 38.7 Å². The number of benzene rings is 1. The first-order valence-corrected chi connectivity index (χ1v) is 8.50. The number of aryl methyl sites for hydroxylation is 1. The number of hydrogen-bond donors (Lipinski definition) is 0. The van der Waals surface area contributed by atoms with Gasteiger partial charge in [0, 0.05) is 13.0 Å². The van der Waals surface area contributed by atoms with E-state index in [0.29, 0.717) is 0 Å². The van der Waals surface area contributed by atoms with Crippen molar-refractivity contribution in [3.05, 3.63) is 41.5 Å². The minimum Gasteiger partial charge on any atom is -0.350 e. The quantitative estimate of drug-likeness (QED) is 0.778. The van der Waals surface area contributed by atoms with Crippen LogP contribution >= 0.6 is 0 Å². The van der Waals surface area contributed by atoms with E-state index in [4.69, 9.17) is 9.57 Å². The van der Waals surface area contributed by atoms with Crippen molar-refractivity contribution in [3.8, 4) is 0 Å². The maximum Gasteiger partial charge on any atom is 0.252 e. The van der Waals surface area contributed by atoms with Gasteiger partial charge in [-0.3, -0.25) is 4.79 Å². The van der Waals surface area contributed by atoms with Crippen LogP contribution in [0.3, 0.4) is 0 Å². The van der Waals surface area contributed by atoms with E-state index in [2.05, 4.69) is 43.3 Å². The lowest BCUT2D eigenvalue weighted by Crippen LogP contribution is -2.60. The van der Waals surface area contributed by atoms with Crippen LogP contribution < -0.4 is 0 Å². The molecule has 0 spiro atoms. The second-order valence-corrected chi connectivity index (χ2v) is 6.46. The molecule has 0 N–H and O–H groups in total. The number of β-lactam (4-membered cyclic amide) rings is 1. The third-order valence-electron chi connectivity index (χ3n) is 4.63. The molecule has 0 aliphatic carbocycles. The van der Waals surface area contributed by atoms with Gasteiger partial charge in [0.1, 0.15) is 0 Å². The van der Waals surface area contributed by atoms with Crippen molar-refractivity contribution in [1.82, 2.24) is 5.06 Å². The van der Waals surface area contributed by atoms with Crippen molar-refractivity contribution in [2.24, 2.45) is 5.92 Å². The molecule has 124 valence electrons. The zero-order valence-electron chi connectivity index (χ0n) is 13.9. The van der Waals surface area contributed by atoms with E-state index in [9.17, 15) is 4.79 Å².